The summed E-state index contributed by atoms with van der Waals surface area (Å²) in [6.45, 7) is 1.69. The largest absolute Gasteiger partial charge is 0.461 e. The summed E-state index contributed by atoms with van der Waals surface area (Å²) in [6, 6.07) is 11.8. The molecule has 1 spiro atoms. The SMILES string of the molecule is CS(=O)(=O)c1ccc(NCC#Cc2cc3c(N[C@H]4CC[C@H](N5CCC6(CC5)COC6)CC4)cccc3n2CC(F)(F)F)c(OCF)c1. The van der Waals surface area contributed by atoms with E-state index >= 15 is 0 Å². The zero-order valence-corrected chi connectivity index (χ0v) is 27.2. The van der Waals surface area contributed by atoms with E-state index in [-0.39, 0.29) is 28.9 Å². The fraction of sp³-hybridized carbons (Fsp3) is 0.529. The van der Waals surface area contributed by atoms with Crippen molar-refractivity contribution in [2.24, 2.45) is 5.41 Å². The lowest BCUT2D eigenvalue weighted by atomic mass is 9.76. The Hall–Kier alpha value is -3.47. The zero-order valence-electron chi connectivity index (χ0n) is 26.3. The van der Waals surface area contributed by atoms with Crippen LogP contribution in [0.15, 0.2) is 47.4 Å². The molecule has 1 saturated carbocycles. The van der Waals surface area contributed by atoms with Crippen LogP contribution in [0, 0.1) is 17.3 Å². The number of aromatic nitrogens is 1. The Morgan fingerprint density at radius 1 is 1.04 bits per heavy atom. The Morgan fingerprint density at radius 2 is 1.79 bits per heavy atom. The molecule has 3 aromatic rings. The lowest BCUT2D eigenvalue weighted by Gasteiger charge is -2.49. The summed E-state index contributed by atoms with van der Waals surface area (Å²) in [5, 5.41) is 7.24. The van der Waals surface area contributed by atoms with Gasteiger partial charge in [-0.1, -0.05) is 12.0 Å². The molecule has 1 aromatic heterocycles. The molecule has 3 aliphatic rings. The first-order valence-electron chi connectivity index (χ1n) is 16.0. The highest BCUT2D eigenvalue weighted by Gasteiger charge is 2.42. The van der Waals surface area contributed by atoms with Gasteiger partial charge in [-0.15, -0.1) is 0 Å². The Labute approximate surface area is 272 Å². The van der Waals surface area contributed by atoms with Gasteiger partial charge in [-0.3, -0.25) is 0 Å². The third-order valence-electron chi connectivity index (χ3n) is 9.71. The zero-order chi connectivity index (χ0) is 33.2. The molecule has 1 aliphatic carbocycles. The van der Waals surface area contributed by atoms with E-state index in [1.165, 1.54) is 35.6 Å². The van der Waals surface area contributed by atoms with E-state index in [0.29, 0.717) is 28.0 Å². The maximum Gasteiger partial charge on any atom is 0.406 e. The van der Waals surface area contributed by atoms with E-state index in [1.807, 2.05) is 6.07 Å². The number of nitrogens with zero attached hydrogens (tertiary/aromatic N) is 2. The molecule has 0 radical (unpaired) electrons. The topological polar surface area (TPSA) is 84.8 Å². The summed E-state index contributed by atoms with van der Waals surface area (Å²) in [4.78, 5) is 2.60. The Balaban J connectivity index is 1.15. The van der Waals surface area contributed by atoms with Gasteiger partial charge in [-0.05, 0) is 87.9 Å². The first kappa shape index (κ1) is 33.4. The predicted molar refractivity (Wildman–Crippen MR) is 173 cm³/mol. The fourth-order valence-corrected chi connectivity index (χ4v) is 7.68. The van der Waals surface area contributed by atoms with E-state index in [2.05, 4.69) is 27.4 Å². The monoisotopic (exact) mass is 676 g/mol. The Morgan fingerprint density at radius 3 is 2.43 bits per heavy atom. The first-order valence-corrected chi connectivity index (χ1v) is 17.9. The van der Waals surface area contributed by atoms with E-state index in [0.717, 1.165) is 63.9 Å². The first-order chi connectivity index (χ1) is 22.4. The van der Waals surface area contributed by atoms with Gasteiger partial charge in [0.05, 0.1) is 41.6 Å². The molecule has 2 aliphatic heterocycles. The second kappa shape index (κ2) is 13.6. The van der Waals surface area contributed by atoms with Crippen molar-refractivity contribution in [3.63, 3.8) is 0 Å². The number of halogens is 4. The van der Waals surface area contributed by atoms with Gasteiger partial charge in [0.25, 0.3) is 0 Å². The molecule has 2 saturated heterocycles. The number of benzene rings is 2. The van der Waals surface area contributed by atoms with Crippen molar-refractivity contribution in [2.75, 3.05) is 56.6 Å². The molecule has 254 valence electrons. The minimum Gasteiger partial charge on any atom is -0.461 e. The van der Waals surface area contributed by atoms with Crippen LogP contribution >= 0.6 is 0 Å². The van der Waals surface area contributed by atoms with Crippen LogP contribution in [0.4, 0.5) is 28.9 Å². The number of rotatable bonds is 9. The summed E-state index contributed by atoms with van der Waals surface area (Å²) in [6.07, 6.45) is 3.15. The maximum atomic E-state index is 13.7. The normalized spacial score (nSPS) is 21.6. The molecule has 2 aromatic carbocycles. The number of sulfone groups is 1. The van der Waals surface area contributed by atoms with Gasteiger partial charge in [-0.25, -0.2) is 12.8 Å². The summed E-state index contributed by atoms with van der Waals surface area (Å²) in [5.74, 6) is 5.71. The van der Waals surface area contributed by atoms with Gasteiger partial charge < -0.3 is 29.6 Å². The van der Waals surface area contributed by atoms with Crippen molar-refractivity contribution < 1.29 is 35.5 Å². The molecular formula is C34H40F4N4O4S. The number of nitrogens with one attached hydrogen (secondary N) is 2. The van der Waals surface area contributed by atoms with Crippen LogP contribution in [0.2, 0.25) is 0 Å². The lowest BCUT2D eigenvalue weighted by Crippen LogP contribution is -2.53. The summed E-state index contributed by atoms with van der Waals surface area (Å²) in [7, 11) is -3.54. The van der Waals surface area contributed by atoms with Crippen LogP contribution in [-0.2, 0) is 21.1 Å². The highest BCUT2D eigenvalue weighted by molar-refractivity contribution is 7.90. The number of piperidine rings is 1. The van der Waals surface area contributed by atoms with Gasteiger partial charge in [-0.2, -0.15) is 13.2 Å². The van der Waals surface area contributed by atoms with Crippen molar-refractivity contribution in [1.29, 1.82) is 0 Å². The highest BCUT2D eigenvalue weighted by atomic mass is 32.2. The quantitative estimate of drug-likeness (QED) is 0.206. The fourth-order valence-electron chi connectivity index (χ4n) is 7.04. The van der Waals surface area contributed by atoms with Gasteiger partial charge in [0.15, 0.2) is 9.84 Å². The van der Waals surface area contributed by atoms with Crippen molar-refractivity contribution in [2.45, 2.75) is 68.2 Å². The molecule has 3 heterocycles. The minimum atomic E-state index is -4.46. The van der Waals surface area contributed by atoms with Gasteiger partial charge in [0.2, 0.25) is 6.86 Å². The summed E-state index contributed by atoms with van der Waals surface area (Å²) >= 11 is 0. The van der Waals surface area contributed by atoms with E-state index in [9.17, 15) is 26.0 Å². The third-order valence-corrected chi connectivity index (χ3v) is 10.8. The van der Waals surface area contributed by atoms with E-state index in [1.54, 1.807) is 18.2 Å². The second-order valence-electron chi connectivity index (χ2n) is 13.0. The number of hydrogen-bond acceptors (Lipinski definition) is 7. The van der Waals surface area contributed by atoms with Gasteiger partial charge in [0.1, 0.15) is 12.3 Å². The minimum absolute atomic E-state index is 0.00542. The number of hydrogen-bond donors (Lipinski definition) is 2. The number of fused-ring (bicyclic) bond motifs is 1. The molecule has 47 heavy (non-hydrogen) atoms. The molecule has 0 atom stereocenters. The molecular weight excluding hydrogens is 636 g/mol. The molecule has 8 nitrogen and oxygen atoms in total. The Bertz CT molecular complexity index is 1740. The van der Waals surface area contributed by atoms with E-state index < -0.39 is 29.4 Å². The maximum absolute atomic E-state index is 13.7. The molecule has 13 heteroatoms. The van der Waals surface area contributed by atoms with Crippen molar-refractivity contribution >= 4 is 32.1 Å². The van der Waals surface area contributed by atoms with Gasteiger partial charge in [0, 0.05) is 40.9 Å². The number of alkyl halides is 4. The van der Waals surface area contributed by atoms with Crippen molar-refractivity contribution in [1.82, 2.24) is 9.47 Å². The molecule has 0 unspecified atom stereocenters. The van der Waals surface area contributed by atoms with Crippen LogP contribution < -0.4 is 15.4 Å². The number of likely N-dealkylation sites (tertiary alicyclic amines) is 1. The summed E-state index contributed by atoms with van der Waals surface area (Å²) in [5.41, 5.74) is 2.16. The highest BCUT2D eigenvalue weighted by Crippen LogP contribution is 2.40. The number of anilines is 2. The molecule has 0 bridgehead atoms. The van der Waals surface area contributed by atoms with E-state index in [4.69, 9.17) is 9.47 Å². The third kappa shape index (κ3) is 7.82. The Kier molecular flexibility index (Phi) is 9.65. The number of ether oxygens (including phenoxy) is 2. The van der Waals surface area contributed by atoms with Crippen LogP contribution in [0.3, 0.4) is 0 Å². The predicted octanol–water partition coefficient (Wildman–Crippen LogP) is 6.21. The van der Waals surface area contributed by atoms with Crippen LogP contribution in [0.25, 0.3) is 10.9 Å². The van der Waals surface area contributed by atoms with Crippen molar-refractivity contribution in [3.05, 3.63) is 48.2 Å². The van der Waals surface area contributed by atoms with Crippen LogP contribution in [0.1, 0.15) is 44.2 Å². The van der Waals surface area contributed by atoms with Crippen molar-refractivity contribution in [3.8, 4) is 17.6 Å². The molecule has 2 N–H and O–H groups in total. The average molecular weight is 677 g/mol. The van der Waals surface area contributed by atoms with Crippen LogP contribution in [0.5, 0.6) is 5.75 Å². The van der Waals surface area contributed by atoms with Crippen LogP contribution in [-0.4, -0.2) is 82.1 Å². The second-order valence-corrected chi connectivity index (χ2v) is 15.0. The average Bonchev–Trinajstić information content (AvgIpc) is 3.35. The molecule has 3 fully saturated rings. The smallest absolute Gasteiger partial charge is 0.406 e. The molecule has 6 rings (SSSR count). The van der Waals surface area contributed by atoms with Gasteiger partial charge >= 0.3 is 6.18 Å². The lowest BCUT2D eigenvalue weighted by molar-refractivity contribution is -0.143. The summed E-state index contributed by atoms with van der Waals surface area (Å²) < 4.78 is 89.4. The standard InChI is InChI=1S/C34H40F4N4O4S/c1-47(43,44)27-11-12-30(32(19-27)46-23-35)39-15-3-4-26-18-28-29(5-2-6-31(28)42(26)20-34(36,37)38)40-24-7-9-25(10-8-24)41-16-13-33(14-17-41)21-45-22-33/h2,5-6,11-12,18-19,24-25,39-40H,7-10,13-17,20-23H2,1H3/t24-,25-. The molecule has 0 amide bonds.